The van der Waals surface area contributed by atoms with E-state index in [1.807, 2.05) is 47.3 Å². The third kappa shape index (κ3) is 4.97. The molecule has 0 radical (unpaired) electrons. The van der Waals surface area contributed by atoms with Crippen LogP contribution < -0.4 is 14.1 Å². The molecule has 1 aliphatic heterocycles. The van der Waals surface area contributed by atoms with Crippen molar-refractivity contribution < 1.29 is 39.8 Å². The van der Waals surface area contributed by atoms with Crippen molar-refractivity contribution in [3.05, 3.63) is 17.7 Å². The van der Waals surface area contributed by atoms with Crippen LogP contribution in [0.2, 0.25) is 19.6 Å². The lowest BCUT2D eigenvalue weighted by molar-refractivity contribution is -0.0499. The van der Waals surface area contributed by atoms with Crippen LogP contribution in [0.3, 0.4) is 0 Å². The molecule has 30 heavy (non-hydrogen) atoms. The van der Waals surface area contributed by atoms with E-state index in [-0.39, 0.29) is 17.8 Å². The fourth-order valence-corrected chi connectivity index (χ4v) is 5.45. The first kappa shape index (κ1) is 25.0. The van der Waals surface area contributed by atoms with Crippen molar-refractivity contribution in [2.75, 3.05) is 7.11 Å². The summed E-state index contributed by atoms with van der Waals surface area (Å²) in [5, 5.41) is 0.343. The van der Waals surface area contributed by atoms with Gasteiger partial charge >= 0.3 is 22.7 Å². The summed E-state index contributed by atoms with van der Waals surface area (Å²) in [5.41, 5.74) is -6.24. The second-order valence-electron chi connectivity index (χ2n) is 9.29. The van der Waals surface area contributed by atoms with Crippen LogP contribution in [0.4, 0.5) is 13.2 Å². The molecule has 6 nitrogen and oxygen atoms in total. The van der Waals surface area contributed by atoms with Crippen LogP contribution in [0.1, 0.15) is 33.3 Å². The molecule has 0 spiro atoms. The fraction of sp³-hybridized carbons (Fsp3) is 0.667. The smallest absolute Gasteiger partial charge is 0.497 e. The Morgan fingerprint density at radius 2 is 1.50 bits per heavy atom. The molecular formula is C18H28BF3O6SSi. The standard InChI is InChI=1S/C18H28BF3O6SSi/c1-16(2)17(3,4)28-19(27-16)11-12-9-13(25-5)15(30(6,7)8)14(10-12)26-29(23,24)18(20,21)22/h9-10H,11H2,1-8H3. The number of rotatable bonds is 6. The Hall–Kier alpha value is -1.24. The van der Waals surface area contributed by atoms with Crippen LogP contribution in [0.25, 0.3) is 0 Å². The molecule has 1 aromatic carbocycles. The van der Waals surface area contributed by atoms with Gasteiger partial charge in [0.15, 0.2) is 0 Å². The summed E-state index contributed by atoms with van der Waals surface area (Å²) in [6, 6.07) is 2.95. The normalized spacial score (nSPS) is 19.1. The Bertz CT molecular complexity index is 894. The monoisotopic (exact) mass is 468 g/mol. The molecule has 1 heterocycles. The maximum absolute atomic E-state index is 13.0. The molecule has 1 fully saturated rings. The predicted octanol–water partition coefficient (Wildman–Crippen LogP) is 3.64. The Kier molecular flexibility index (Phi) is 6.44. The first-order valence-electron chi connectivity index (χ1n) is 9.38. The number of alkyl halides is 3. The van der Waals surface area contributed by atoms with E-state index in [4.69, 9.17) is 14.0 Å². The zero-order chi connectivity index (χ0) is 23.3. The van der Waals surface area contributed by atoms with Crippen molar-refractivity contribution in [3.63, 3.8) is 0 Å². The number of halogens is 3. The first-order chi connectivity index (χ1) is 13.3. The molecule has 0 atom stereocenters. The Morgan fingerprint density at radius 3 is 1.90 bits per heavy atom. The summed E-state index contributed by atoms with van der Waals surface area (Å²) in [6.45, 7) is 13.1. The van der Waals surface area contributed by atoms with Crippen molar-refractivity contribution in [1.82, 2.24) is 0 Å². The Labute approximate surface area is 177 Å². The summed E-state index contributed by atoms with van der Waals surface area (Å²) >= 11 is 0. The van der Waals surface area contributed by atoms with Crippen molar-refractivity contribution in [2.45, 2.75) is 70.4 Å². The minimum absolute atomic E-state index is 0.178. The van der Waals surface area contributed by atoms with Crippen LogP contribution in [0.5, 0.6) is 11.5 Å². The van der Waals surface area contributed by atoms with Gasteiger partial charge in [-0.1, -0.05) is 19.6 Å². The van der Waals surface area contributed by atoms with Crippen LogP contribution in [-0.4, -0.2) is 47.4 Å². The van der Waals surface area contributed by atoms with Crippen LogP contribution in [0.15, 0.2) is 12.1 Å². The molecule has 0 saturated carbocycles. The molecule has 170 valence electrons. The molecular weight excluding hydrogens is 440 g/mol. The zero-order valence-electron chi connectivity index (χ0n) is 18.4. The largest absolute Gasteiger partial charge is 0.534 e. The van der Waals surface area contributed by atoms with E-state index in [1.165, 1.54) is 13.2 Å². The number of hydrogen-bond donors (Lipinski definition) is 0. The predicted molar refractivity (Wildman–Crippen MR) is 111 cm³/mol. The van der Waals surface area contributed by atoms with Gasteiger partial charge in [-0.05, 0) is 45.4 Å². The minimum Gasteiger partial charge on any atom is -0.497 e. The van der Waals surface area contributed by atoms with E-state index < -0.39 is 42.0 Å². The second kappa shape index (κ2) is 7.72. The lowest BCUT2D eigenvalue weighted by atomic mass is 9.80. The first-order valence-corrected chi connectivity index (χ1v) is 14.3. The number of ether oxygens (including phenoxy) is 1. The molecule has 0 aliphatic carbocycles. The van der Waals surface area contributed by atoms with Crippen molar-refractivity contribution in [1.29, 1.82) is 0 Å². The van der Waals surface area contributed by atoms with Crippen LogP contribution in [0, 0.1) is 0 Å². The highest BCUT2D eigenvalue weighted by molar-refractivity contribution is 7.88. The summed E-state index contributed by atoms with van der Waals surface area (Å²) in [5.74, 6) is -0.104. The van der Waals surface area contributed by atoms with Gasteiger partial charge in [0.1, 0.15) is 11.5 Å². The number of methoxy groups -OCH3 is 1. The number of hydrogen-bond acceptors (Lipinski definition) is 6. The summed E-state index contributed by atoms with van der Waals surface area (Å²) in [7, 11) is -7.48. The highest BCUT2D eigenvalue weighted by Crippen LogP contribution is 2.38. The van der Waals surface area contributed by atoms with Crippen LogP contribution >= 0.6 is 0 Å². The molecule has 2 rings (SSSR count). The van der Waals surface area contributed by atoms with Crippen molar-refractivity contribution >= 4 is 30.5 Å². The van der Waals surface area contributed by atoms with Gasteiger partial charge in [0.05, 0.1) is 26.4 Å². The third-order valence-corrected chi connectivity index (χ3v) is 8.24. The lowest BCUT2D eigenvalue weighted by Crippen LogP contribution is -2.41. The molecule has 1 saturated heterocycles. The second-order valence-corrected chi connectivity index (χ2v) is 15.8. The van der Waals surface area contributed by atoms with E-state index in [9.17, 15) is 21.6 Å². The third-order valence-electron chi connectivity index (χ3n) is 5.28. The fourth-order valence-electron chi connectivity index (χ4n) is 3.13. The quantitative estimate of drug-likeness (QED) is 0.361. The van der Waals surface area contributed by atoms with Crippen LogP contribution in [-0.2, 0) is 25.7 Å². The van der Waals surface area contributed by atoms with E-state index in [2.05, 4.69) is 4.18 Å². The van der Waals surface area contributed by atoms with E-state index in [0.29, 0.717) is 10.8 Å². The highest BCUT2D eigenvalue weighted by Gasteiger charge is 2.51. The van der Waals surface area contributed by atoms with E-state index in [1.54, 1.807) is 6.07 Å². The average molecular weight is 468 g/mol. The van der Waals surface area contributed by atoms with Gasteiger partial charge in [0.25, 0.3) is 0 Å². The summed E-state index contributed by atoms with van der Waals surface area (Å²) in [6.07, 6.45) is 0.178. The molecule has 0 unspecified atom stereocenters. The Balaban J connectivity index is 2.52. The molecule has 0 N–H and O–H groups in total. The van der Waals surface area contributed by atoms with Gasteiger partial charge in [-0.2, -0.15) is 21.6 Å². The molecule has 0 amide bonds. The van der Waals surface area contributed by atoms with Gasteiger partial charge in [0.2, 0.25) is 0 Å². The van der Waals surface area contributed by atoms with Gasteiger partial charge in [-0.3, -0.25) is 0 Å². The average Bonchev–Trinajstić information content (AvgIpc) is 2.70. The van der Waals surface area contributed by atoms with Gasteiger partial charge < -0.3 is 18.2 Å². The molecule has 0 aromatic heterocycles. The molecule has 1 aliphatic rings. The van der Waals surface area contributed by atoms with E-state index >= 15 is 0 Å². The summed E-state index contributed by atoms with van der Waals surface area (Å²) in [4.78, 5) is 0. The zero-order valence-corrected chi connectivity index (χ0v) is 20.2. The minimum atomic E-state index is -5.84. The maximum Gasteiger partial charge on any atom is 0.534 e. The Morgan fingerprint density at radius 1 is 1.03 bits per heavy atom. The number of benzene rings is 1. The van der Waals surface area contributed by atoms with Crippen molar-refractivity contribution in [3.8, 4) is 11.5 Å². The molecule has 1 aromatic rings. The van der Waals surface area contributed by atoms with Gasteiger partial charge in [-0.25, -0.2) is 0 Å². The van der Waals surface area contributed by atoms with Gasteiger partial charge in [-0.15, -0.1) is 0 Å². The van der Waals surface area contributed by atoms with E-state index in [0.717, 1.165) is 0 Å². The highest BCUT2D eigenvalue weighted by atomic mass is 32.2. The SMILES string of the molecule is COc1cc(CB2OC(C)(C)C(C)(C)O2)cc(OS(=O)(=O)C(F)(F)F)c1[Si](C)(C)C. The van der Waals surface area contributed by atoms with Crippen molar-refractivity contribution in [2.24, 2.45) is 0 Å². The summed E-state index contributed by atoms with van der Waals surface area (Å²) < 4.78 is 84.1. The molecule has 12 heteroatoms. The molecule has 0 bridgehead atoms. The van der Waals surface area contributed by atoms with Gasteiger partial charge in [0, 0.05) is 11.5 Å². The maximum atomic E-state index is 13.0. The topological polar surface area (TPSA) is 71.1 Å². The lowest BCUT2D eigenvalue weighted by Gasteiger charge is -2.32.